The van der Waals surface area contributed by atoms with Crippen LogP contribution in [-0.2, 0) is 6.61 Å². The van der Waals surface area contributed by atoms with Gasteiger partial charge in [-0.2, -0.15) is 0 Å². The van der Waals surface area contributed by atoms with Crippen molar-refractivity contribution in [3.05, 3.63) is 34.9 Å². The summed E-state index contributed by atoms with van der Waals surface area (Å²) in [6.07, 6.45) is -1.46. The van der Waals surface area contributed by atoms with Gasteiger partial charge >= 0.3 is 0 Å². The summed E-state index contributed by atoms with van der Waals surface area (Å²) in [6, 6.07) is 5.32. The lowest BCUT2D eigenvalue weighted by molar-refractivity contribution is 0.0146. The van der Waals surface area contributed by atoms with Crippen LogP contribution in [0.5, 0.6) is 0 Å². The number of aryl methyl sites for hydroxylation is 1. The molecule has 1 aromatic rings. The largest absolute Gasteiger partial charge is 0.392 e. The third-order valence-electron chi connectivity index (χ3n) is 2.67. The molecule has 0 spiro atoms. The number of benzene rings is 1. The summed E-state index contributed by atoms with van der Waals surface area (Å²) in [7, 11) is 0. The highest BCUT2D eigenvalue weighted by atomic mass is 16.3. The maximum absolute atomic E-state index is 9.93. The Morgan fingerprint density at radius 2 is 2.00 bits per heavy atom. The summed E-state index contributed by atoms with van der Waals surface area (Å²) in [5, 5.41) is 28.6. The second kappa shape index (κ2) is 5.96. The fraction of sp³-hybridized carbons (Fsp3) is 0.500. The smallest absolute Gasteiger partial charge is 0.105 e. The monoisotopic (exact) mass is 225 g/mol. The molecule has 2 unspecified atom stereocenters. The van der Waals surface area contributed by atoms with E-state index in [0.717, 1.165) is 11.1 Å². The van der Waals surface area contributed by atoms with Gasteiger partial charge in [-0.25, -0.2) is 0 Å². The maximum Gasteiger partial charge on any atom is 0.105 e. The summed E-state index contributed by atoms with van der Waals surface area (Å²) in [4.78, 5) is 0. The Morgan fingerprint density at radius 1 is 1.31 bits per heavy atom. The topological polar surface area (TPSA) is 86.7 Å². The molecule has 0 bridgehead atoms. The minimum atomic E-state index is -0.949. The van der Waals surface area contributed by atoms with Gasteiger partial charge in [0.15, 0.2) is 0 Å². The summed E-state index contributed by atoms with van der Waals surface area (Å²) in [6.45, 7) is 2.11. The molecule has 0 saturated heterocycles. The molecule has 5 N–H and O–H groups in total. The van der Waals surface area contributed by atoms with E-state index in [9.17, 15) is 10.2 Å². The second-order valence-electron chi connectivity index (χ2n) is 3.94. The maximum atomic E-state index is 9.93. The van der Waals surface area contributed by atoms with Gasteiger partial charge in [-0.1, -0.05) is 18.2 Å². The van der Waals surface area contributed by atoms with Gasteiger partial charge in [-0.3, -0.25) is 0 Å². The van der Waals surface area contributed by atoms with Crippen LogP contribution in [0.4, 0.5) is 0 Å². The molecule has 90 valence electrons. The van der Waals surface area contributed by atoms with E-state index in [1.807, 2.05) is 13.0 Å². The highest BCUT2D eigenvalue weighted by molar-refractivity contribution is 5.33. The van der Waals surface area contributed by atoms with E-state index in [2.05, 4.69) is 0 Å². The first-order valence-electron chi connectivity index (χ1n) is 5.36. The lowest BCUT2D eigenvalue weighted by atomic mass is 9.96. The molecular weight excluding hydrogens is 206 g/mol. The van der Waals surface area contributed by atoms with Crippen LogP contribution < -0.4 is 5.73 Å². The van der Waals surface area contributed by atoms with Gasteiger partial charge in [0.1, 0.15) is 6.10 Å². The fourth-order valence-electron chi connectivity index (χ4n) is 1.64. The van der Waals surface area contributed by atoms with Gasteiger partial charge in [0, 0.05) is 0 Å². The average Bonchev–Trinajstić information content (AvgIpc) is 2.29. The van der Waals surface area contributed by atoms with Crippen molar-refractivity contribution in [1.29, 1.82) is 0 Å². The first-order valence-corrected chi connectivity index (χ1v) is 5.36. The van der Waals surface area contributed by atoms with Crippen molar-refractivity contribution >= 4 is 0 Å². The van der Waals surface area contributed by atoms with Crippen LogP contribution in [0.3, 0.4) is 0 Å². The lowest BCUT2D eigenvalue weighted by Crippen LogP contribution is -2.22. The van der Waals surface area contributed by atoms with Gasteiger partial charge in [0.2, 0.25) is 0 Å². The van der Waals surface area contributed by atoms with Crippen molar-refractivity contribution in [3.63, 3.8) is 0 Å². The number of hydrogen-bond donors (Lipinski definition) is 4. The van der Waals surface area contributed by atoms with E-state index >= 15 is 0 Å². The van der Waals surface area contributed by atoms with Crippen LogP contribution in [0.15, 0.2) is 18.2 Å². The Balaban J connectivity index is 2.92. The van der Waals surface area contributed by atoms with E-state index in [1.54, 1.807) is 12.1 Å². The van der Waals surface area contributed by atoms with E-state index in [4.69, 9.17) is 10.8 Å². The van der Waals surface area contributed by atoms with Crippen LogP contribution >= 0.6 is 0 Å². The summed E-state index contributed by atoms with van der Waals surface area (Å²) in [5.74, 6) is 0. The Morgan fingerprint density at radius 3 is 2.56 bits per heavy atom. The fourth-order valence-corrected chi connectivity index (χ4v) is 1.64. The Kier molecular flexibility index (Phi) is 4.89. The summed E-state index contributed by atoms with van der Waals surface area (Å²) >= 11 is 0. The zero-order valence-electron chi connectivity index (χ0n) is 9.43. The summed E-state index contributed by atoms with van der Waals surface area (Å²) in [5.41, 5.74) is 7.59. The lowest BCUT2D eigenvalue weighted by Gasteiger charge is -2.20. The molecule has 0 aromatic heterocycles. The molecule has 0 amide bonds. The van der Waals surface area contributed by atoms with Gasteiger partial charge in [-0.15, -0.1) is 0 Å². The van der Waals surface area contributed by atoms with Gasteiger partial charge < -0.3 is 21.1 Å². The SMILES string of the molecule is Cc1ccc(CO)cc1C(O)C(O)CCN. The normalized spacial score (nSPS) is 14.8. The van der Waals surface area contributed by atoms with E-state index in [-0.39, 0.29) is 6.61 Å². The van der Waals surface area contributed by atoms with E-state index in [1.165, 1.54) is 0 Å². The first kappa shape index (κ1) is 13.1. The van der Waals surface area contributed by atoms with Crippen LogP contribution in [0.25, 0.3) is 0 Å². The van der Waals surface area contributed by atoms with Crippen molar-refractivity contribution in [2.45, 2.75) is 32.2 Å². The van der Waals surface area contributed by atoms with Crippen molar-refractivity contribution in [1.82, 2.24) is 0 Å². The van der Waals surface area contributed by atoms with E-state index in [0.29, 0.717) is 18.5 Å². The third-order valence-corrected chi connectivity index (χ3v) is 2.67. The van der Waals surface area contributed by atoms with Gasteiger partial charge in [0.05, 0.1) is 12.7 Å². The average molecular weight is 225 g/mol. The molecule has 1 aromatic carbocycles. The van der Waals surface area contributed by atoms with Gasteiger partial charge in [-0.05, 0) is 36.6 Å². The zero-order chi connectivity index (χ0) is 12.1. The molecule has 0 fully saturated rings. The van der Waals surface area contributed by atoms with Crippen molar-refractivity contribution < 1.29 is 15.3 Å². The number of nitrogens with two attached hydrogens (primary N) is 1. The molecule has 0 saturated carbocycles. The molecule has 0 radical (unpaired) electrons. The quantitative estimate of drug-likeness (QED) is 0.578. The molecule has 4 heteroatoms. The molecule has 4 nitrogen and oxygen atoms in total. The second-order valence-corrected chi connectivity index (χ2v) is 3.94. The molecule has 0 aliphatic rings. The van der Waals surface area contributed by atoms with Crippen molar-refractivity contribution in [2.75, 3.05) is 6.54 Å². The van der Waals surface area contributed by atoms with E-state index < -0.39 is 12.2 Å². The molecule has 2 atom stereocenters. The van der Waals surface area contributed by atoms with Crippen LogP contribution in [0, 0.1) is 6.92 Å². The molecule has 0 heterocycles. The third kappa shape index (κ3) is 3.02. The minimum absolute atomic E-state index is 0.0764. The molecule has 0 aliphatic carbocycles. The standard InChI is InChI=1S/C12H19NO3/c1-8-2-3-9(7-14)6-10(8)12(16)11(15)4-5-13/h2-3,6,11-12,14-16H,4-5,7,13H2,1H3. The highest BCUT2D eigenvalue weighted by Gasteiger charge is 2.19. The Labute approximate surface area is 95.3 Å². The number of rotatable bonds is 5. The predicted molar refractivity (Wildman–Crippen MR) is 61.7 cm³/mol. The molecule has 1 rings (SSSR count). The van der Waals surface area contributed by atoms with Crippen LogP contribution in [0.2, 0.25) is 0 Å². The summed E-state index contributed by atoms with van der Waals surface area (Å²) < 4.78 is 0. The number of aliphatic hydroxyl groups is 3. The zero-order valence-corrected chi connectivity index (χ0v) is 9.43. The Bertz CT molecular complexity index is 341. The van der Waals surface area contributed by atoms with Crippen molar-refractivity contribution in [2.24, 2.45) is 5.73 Å². The Hall–Kier alpha value is -0.940. The predicted octanol–water partition coefficient (Wildman–Crippen LogP) is 0.230. The number of aliphatic hydroxyl groups excluding tert-OH is 3. The van der Waals surface area contributed by atoms with Crippen LogP contribution in [0.1, 0.15) is 29.2 Å². The molecular formula is C12H19NO3. The van der Waals surface area contributed by atoms with Crippen molar-refractivity contribution in [3.8, 4) is 0 Å². The molecule has 0 aliphatic heterocycles. The van der Waals surface area contributed by atoms with Gasteiger partial charge in [0.25, 0.3) is 0 Å². The minimum Gasteiger partial charge on any atom is -0.392 e. The van der Waals surface area contributed by atoms with Crippen LogP contribution in [-0.4, -0.2) is 28.0 Å². The number of hydrogen-bond acceptors (Lipinski definition) is 4. The highest BCUT2D eigenvalue weighted by Crippen LogP contribution is 2.23. The molecule has 16 heavy (non-hydrogen) atoms. The first-order chi connectivity index (χ1) is 7.60.